The van der Waals surface area contributed by atoms with Crippen LogP contribution in [0.25, 0.3) is 0 Å². The first kappa shape index (κ1) is 24.9. The Labute approximate surface area is 164 Å². The summed E-state index contributed by atoms with van der Waals surface area (Å²) in [6.45, 7) is 7.36. The first-order chi connectivity index (χ1) is 12.4. The van der Waals surface area contributed by atoms with E-state index in [1.165, 1.54) is 24.2 Å². The summed E-state index contributed by atoms with van der Waals surface area (Å²) >= 11 is 1.42. The molecule has 2 rings (SSSR count). The number of hydrogen-bond donors (Lipinski definition) is 1. The third kappa shape index (κ3) is 7.99. The van der Waals surface area contributed by atoms with E-state index in [4.69, 9.17) is 9.90 Å². The molecule has 0 spiro atoms. The molecule has 0 amide bonds. The van der Waals surface area contributed by atoms with E-state index in [2.05, 4.69) is 14.9 Å². The van der Waals surface area contributed by atoms with Crippen LogP contribution in [0.5, 0.6) is 0 Å². The number of nitrogens with zero attached hydrogens (tertiary/aromatic N) is 3. The van der Waals surface area contributed by atoms with E-state index in [0.29, 0.717) is 22.7 Å². The Morgan fingerprint density at radius 1 is 1.41 bits per heavy atom. The van der Waals surface area contributed by atoms with Crippen molar-refractivity contribution in [2.75, 3.05) is 13.1 Å². The third-order valence-electron chi connectivity index (χ3n) is 4.02. The van der Waals surface area contributed by atoms with Gasteiger partial charge in [-0.25, -0.2) is 18.8 Å². The van der Waals surface area contributed by atoms with Gasteiger partial charge < -0.3 is 10.0 Å². The van der Waals surface area contributed by atoms with Crippen LogP contribution in [0.1, 0.15) is 52.5 Å². The van der Waals surface area contributed by atoms with E-state index in [9.17, 15) is 8.78 Å². The predicted molar refractivity (Wildman–Crippen MR) is 108 cm³/mol. The Hall–Kier alpha value is -2.09. The Kier molecular flexibility index (Phi) is 12.1. The normalized spacial score (nSPS) is 15.7. The molecule has 0 aliphatic carbocycles. The molecule has 0 aromatic carbocycles. The van der Waals surface area contributed by atoms with Crippen molar-refractivity contribution in [3.8, 4) is 0 Å². The van der Waals surface area contributed by atoms with Gasteiger partial charge in [-0.3, -0.25) is 4.79 Å². The summed E-state index contributed by atoms with van der Waals surface area (Å²) in [6, 6.07) is 0. The van der Waals surface area contributed by atoms with Gasteiger partial charge in [0.25, 0.3) is 12.9 Å². The summed E-state index contributed by atoms with van der Waals surface area (Å²) in [4.78, 5) is 19.2. The van der Waals surface area contributed by atoms with Crippen molar-refractivity contribution in [3.63, 3.8) is 0 Å². The molecule has 27 heavy (non-hydrogen) atoms. The molecule has 2 heterocycles. The molecule has 1 fully saturated rings. The fraction of sp³-hybridized carbons (Fsp3) is 0.526. The number of alkyl halides is 2. The summed E-state index contributed by atoms with van der Waals surface area (Å²) in [5.74, 6) is 0. The largest absolute Gasteiger partial charge is 0.483 e. The Morgan fingerprint density at radius 2 is 2.00 bits per heavy atom. The van der Waals surface area contributed by atoms with Gasteiger partial charge in [-0.2, -0.15) is 0 Å². The highest BCUT2D eigenvalue weighted by atomic mass is 32.1. The number of carboxylic acid groups (broad SMARTS) is 1. The van der Waals surface area contributed by atoms with Crippen molar-refractivity contribution in [3.05, 3.63) is 39.6 Å². The molecule has 0 bridgehead atoms. The summed E-state index contributed by atoms with van der Waals surface area (Å²) < 4.78 is 26.7. The molecule has 0 saturated carbocycles. The monoisotopic (exact) mass is 401 g/mol. The maximum Gasteiger partial charge on any atom is 0.290 e. The van der Waals surface area contributed by atoms with E-state index in [1.807, 2.05) is 25.3 Å². The van der Waals surface area contributed by atoms with Crippen LogP contribution in [-0.4, -0.2) is 46.7 Å². The summed E-state index contributed by atoms with van der Waals surface area (Å²) in [5, 5.41) is 9.40. The van der Waals surface area contributed by atoms with Crippen LogP contribution < -0.4 is 0 Å². The molecule has 0 unspecified atom stereocenters. The SMILES string of the molecule is C.CC/C(C)=C(/N=C(/C=C(\C)N1CCCC1)c1nccs1)C(F)F.O=CO. The quantitative estimate of drug-likeness (QED) is 0.524. The van der Waals surface area contributed by atoms with Crippen LogP contribution in [0.15, 0.2) is 39.6 Å². The van der Waals surface area contributed by atoms with Crippen molar-refractivity contribution in [1.82, 2.24) is 9.88 Å². The molecule has 1 N–H and O–H groups in total. The van der Waals surface area contributed by atoms with Crippen LogP contribution in [0.3, 0.4) is 0 Å². The second-order valence-electron chi connectivity index (χ2n) is 5.74. The molecule has 1 aliphatic heterocycles. The summed E-state index contributed by atoms with van der Waals surface area (Å²) in [7, 11) is 0. The molecule has 8 heteroatoms. The maximum absolute atomic E-state index is 13.4. The van der Waals surface area contributed by atoms with E-state index in [0.717, 1.165) is 18.8 Å². The van der Waals surface area contributed by atoms with Gasteiger partial charge in [-0.1, -0.05) is 14.4 Å². The van der Waals surface area contributed by atoms with Crippen LogP contribution in [0.4, 0.5) is 8.78 Å². The molecule has 1 aliphatic rings. The topological polar surface area (TPSA) is 65.8 Å². The lowest BCUT2D eigenvalue weighted by molar-refractivity contribution is -0.122. The lowest BCUT2D eigenvalue weighted by Crippen LogP contribution is -2.18. The van der Waals surface area contributed by atoms with Gasteiger partial charge in [0.2, 0.25) is 0 Å². The van der Waals surface area contributed by atoms with Gasteiger partial charge in [-0.05, 0) is 44.8 Å². The molecule has 0 atom stereocenters. The van der Waals surface area contributed by atoms with Crippen molar-refractivity contribution in [1.29, 1.82) is 0 Å². The second kappa shape index (κ2) is 13.1. The van der Waals surface area contributed by atoms with E-state index < -0.39 is 6.43 Å². The highest BCUT2D eigenvalue weighted by Crippen LogP contribution is 2.21. The number of likely N-dealkylation sites (tertiary alicyclic amines) is 1. The number of aromatic nitrogens is 1. The first-order valence-corrected chi connectivity index (χ1v) is 9.29. The van der Waals surface area contributed by atoms with E-state index in [1.54, 1.807) is 13.1 Å². The van der Waals surface area contributed by atoms with E-state index in [-0.39, 0.29) is 19.6 Å². The van der Waals surface area contributed by atoms with Crippen LogP contribution in [0.2, 0.25) is 0 Å². The molecule has 1 aromatic heterocycles. The molecule has 1 aromatic rings. The molecule has 1 saturated heterocycles. The third-order valence-corrected chi connectivity index (χ3v) is 4.81. The second-order valence-corrected chi connectivity index (χ2v) is 6.63. The number of aliphatic imine (C=N–C) groups is 1. The Morgan fingerprint density at radius 3 is 2.44 bits per heavy atom. The first-order valence-electron chi connectivity index (χ1n) is 8.42. The predicted octanol–water partition coefficient (Wildman–Crippen LogP) is 5.22. The van der Waals surface area contributed by atoms with Gasteiger partial charge in [0, 0.05) is 30.4 Å². The van der Waals surface area contributed by atoms with Crippen molar-refractivity contribution < 1.29 is 18.7 Å². The lowest BCUT2D eigenvalue weighted by Gasteiger charge is -2.18. The van der Waals surface area contributed by atoms with Crippen LogP contribution in [-0.2, 0) is 4.79 Å². The number of rotatable bonds is 6. The van der Waals surface area contributed by atoms with Gasteiger partial charge in [0.1, 0.15) is 16.4 Å². The Bertz CT molecular complexity index is 650. The van der Waals surface area contributed by atoms with Gasteiger partial charge >= 0.3 is 0 Å². The lowest BCUT2D eigenvalue weighted by atomic mass is 10.2. The van der Waals surface area contributed by atoms with Gasteiger partial charge in [0.05, 0.1) is 0 Å². The number of allylic oxidation sites excluding steroid dienone is 4. The molecular formula is C19H29F2N3O2S. The standard InChI is InChI=1S/C17H23F2N3S.CH2O2.CH4/c1-4-12(2)15(16(18)19)21-14(17-20-7-10-23-17)11-13(3)22-8-5-6-9-22;2-1-3;/h7,10-11,16H,4-6,8-9H2,1-3H3;1H,(H,2,3);1H4/b13-11+,15-12+,21-14-;;. The average molecular weight is 402 g/mol. The van der Waals surface area contributed by atoms with E-state index >= 15 is 0 Å². The minimum absolute atomic E-state index is 0. The number of halogens is 2. The smallest absolute Gasteiger partial charge is 0.290 e. The number of thiazole rings is 1. The van der Waals surface area contributed by atoms with Crippen molar-refractivity contribution in [2.24, 2.45) is 4.99 Å². The van der Waals surface area contributed by atoms with Gasteiger partial charge in [0.15, 0.2) is 0 Å². The minimum Gasteiger partial charge on any atom is -0.483 e. The minimum atomic E-state index is -2.58. The van der Waals surface area contributed by atoms with Gasteiger partial charge in [-0.15, -0.1) is 11.3 Å². The zero-order valence-electron chi connectivity index (χ0n) is 15.3. The molecule has 0 radical (unpaired) electrons. The highest BCUT2D eigenvalue weighted by Gasteiger charge is 2.17. The van der Waals surface area contributed by atoms with Crippen LogP contribution >= 0.6 is 11.3 Å². The highest BCUT2D eigenvalue weighted by molar-refractivity contribution is 7.11. The van der Waals surface area contributed by atoms with Crippen molar-refractivity contribution >= 4 is 23.5 Å². The summed E-state index contributed by atoms with van der Waals surface area (Å²) in [6.07, 6.45) is 3.88. The number of carbonyl (C=O) groups is 1. The zero-order chi connectivity index (χ0) is 19.5. The van der Waals surface area contributed by atoms with Crippen LogP contribution in [0, 0.1) is 0 Å². The fourth-order valence-electron chi connectivity index (χ4n) is 2.49. The molecular weight excluding hydrogens is 372 g/mol. The summed E-state index contributed by atoms with van der Waals surface area (Å²) in [5.41, 5.74) is 2.05. The zero-order valence-corrected chi connectivity index (χ0v) is 16.1. The Balaban J connectivity index is 0.00000158. The van der Waals surface area contributed by atoms with Crippen molar-refractivity contribution in [2.45, 2.75) is 53.9 Å². The number of hydrogen-bond acceptors (Lipinski definition) is 5. The molecule has 152 valence electrons. The molecule has 5 nitrogen and oxygen atoms in total. The fourth-order valence-corrected chi connectivity index (χ4v) is 3.09. The maximum atomic E-state index is 13.4. The average Bonchev–Trinajstić information content (AvgIpc) is 3.31.